The van der Waals surface area contributed by atoms with Crippen molar-refractivity contribution in [2.24, 2.45) is 0 Å². The van der Waals surface area contributed by atoms with Crippen molar-refractivity contribution in [2.45, 2.75) is 12.0 Å². The molecule has 2 aromatic rings. The summed E-state index contributed by atoms with van der Waals surface area (Å²) < 4.78 is 5.79. The molecule has 1 aliphatic rings. The van der Waals surface area contributed by atoms with Crippen LogP contribution in [-0.2, 0) is 0 Å². The maximum Gasteiger partial charge on any atom is 0.145 e. The molecule has 0 bridgehead atoms. The number of ether oxygens (including phenoxy) is 1. The minimum absolute atomic E-state index is 0.555. The maximum absolute atomic E-state index is 10.2. The molecule has 5 nitrogen and oxygen atoms in total. The zero-order valence-corrected chi connectivity index (χ0v) is 12.0. The fourth-order valence-corrected chi connectivity index (χ4v) is 2.63. The van der Waals surface area contributed by atoms with Crippen LogP contribution in [0.25, 0.3) is 10.9 Å². The normalized spacial score (nSPS) is 21.8. The Morgan fingerprint density at radius 2 is 2.24 bits per heavy atom. The third-order valence-electron chi connectivity index (χ3n) is 3.81. The van der Waals surface area contributed by atoms with Crippen molar-refractivity contribution in [1.29, 1.82) is 0 Å². The predicted octanol–water partition coefficient (Wildman–Crippen LogP) is 0.928. The van der Waals surface area contributed by atoms with Crippen LogP contribution in [0.5, 0.6) is 5.75 Å². The van der Waals surface area contributed by atoms with E-state index >= 15 is 0 Å². The number of para-hydroxylation sites is 1. The molecule has 0 aliphatic carbocycles. The monoisotopic (exact) mass is 287 g/mol. The lowest BCUT2D eigenvalue weighted by molar-refractivity contribution is 0.0604. The average molecular weight is 287 g/mol. The lowest BCUT2D eigenvalue weighted by Crippen LogP contribution is -2.43. The fourth-order valence-electron chi connectivity index (χ4n) is 2.63. The number of hydrogen-bond acceptors (Lipinski definition) is 5. The van der Waals surface area contributed by atoms with Crippen LogP contribution in [0.3, 0.4) is 0 Å². The number of fused-ring (bicyclic) bond motifs is 1. The molecule has 5 heteroatoms. The van der Waals surface area contributed by atoms with E-state index in [0.717, 1.165) is 29.6 Å². The number of aliphatic hydroxyl groups is 1. The van der Waals surface area contributed by atoms with E-state index in [1.54, 1.807) is 6.20 Å². The fraction of sp³-hybridized carbons (Fsp3) is 0.438. The van der Waals surface area contributed by atoms with Crippen LogP contribution >= 0.6 is 0 Å². The molecule has 0 saturated carbocycles. The van der Waals surface area contributed by atoms with Gasteiger partial charge in [0.2, 0.25) is 0 Å². The van der Waals surface area contributed by atoms with E-state index in [1.165, 1.54) is 0 Å². The van der Waals surface area contributed by atoms with Crippen LogP contribution in [0.4, 0.5) is 0 Å². The standard InChI is InChI=1S/C16H21N3O2/c20-16(6-8-17-11-16)12-18-9-10-21-14-5-1-3-13-4-2-7-19-15(13)14/h1-5,7,17-18,20H,6,8-12H2. The lowest BCUT2D eigenvalue weighted by atomic mass is 10.0. The number of pyridine rings is 1. The van der Waals surface area contributed by atoms with Crippen molar-refractivity contribution < 1.29 is 9.84 Å². The molecule has 1 unspecified atom stereocenters. The number of β-amino-alcohol motifs (C(OH)–C–C–N with tert-alkyl or cyclic N) is 1. The predicted molar refractivity (Wildman–Crippen MR) is 82.5 cm³/mol. The molecule has 112 valence electrons. The van der Waals surface area contributed by atoms with Crippen LogP contribution in [0.2, 0.25) is 0 Å². The van der Waals surface area contributed by atoms with Crippen LogP contribution in [0.1, 0.15) is 6.42 Å². The van der Waals surface area contributed by atoms with Crippen molar-refractivity contribution in [3.8, 4) is 5.75 Å². The van der Waals surface area contributed by atoms with Gasteiger partial charge in [0.15, 0.2) is 0 Å². The quantitative estimate of drug-likeness (QED) is 0.690. The highest BCUT2D eigenvalue weighted by atomic mass is 16.5. The molecule has 1 aliphatic heterocycles. The van der Waals surface area contributed by atoms with Gasteiger partial charge in [-0.15, -0.1) is 0 Å². The SMILES string of the molecule is OC1(CNCCOc2cccc3cccnc23)CCNC1. The Morgan fingerprint density at radius 1 is 1.33 bits per heavy atom. The van der Waals surface area contributed by atoms with Gasteiger partial charge in [-0.3, -0.25) is 4.98 Å². The first-order valence-corrected chi connectivity index (χ1v) is 7.37. The molecule has 0 spiro atoms. The molecule has 21 heavy (non-hydrogen) atoms. The highest BCUT2D eigenvalue weighted by Gasteiger charge is 2.30. The largest absolute Gasteiger partial charge is 0.490 e. The molecule has 1 fully saturated rings. The van der Waals surface area contributed by atoms with E-state index in [-0.39, 0.29) is 0 Å². The van der Waals surface area contributed by atoms with E-state index in [4.69, 9.17) is 4.74 Å². The Balaban J connectivity index is 1.48. The van der Waals surface area contributed by atoms with Gasteiger partial charge in [-0.2, -0.15) is 0 Å². The molecule has 1 aromatic heterocycles. The van der Waals surface area contributed by atoms with Crippen LogP contribution in [0.15, 0.2) is 36.5 Å². The molecular formula is C16H21N3O2. The number of hydrogen-bond donors (Lipinski definition) is 3. The van der Waals surface area contributed by atoms with Gasteiger partial charge in [0.25, 0.3) is 0 Å². The molecule has 0 radical (unpaired) electrons. The van der Waals surface area contributed by atoms with Crippen molar-refractivity contribution in [3.63, 3.8) is 0 Å². The number of nitrogens with zero attached hydrogens (tertiary/aromatic N) is 1. The Kier molecular flexibility index (Phi) is 4.34. The smallest absolute Gasteiger partial charge is 0.145 e. The molecule has 1 aromatic carbocycles. The van der Waals surface area contributed by atoms with E-state index in [9.17, 15) is 5.11 Å². The lowest BCUT2D eigenvalue weighted by Gasteiger charge is -2.21. The number of benzene rings is 1. The highest BCUT2D eigenvalue weighted by molar-refractivity contribution is 5.84. The van der Waals surface area contributed by atoms with Gasteiger partial charge in [0, 0.05) is 31.2 Å². The van der Waals surface area contributed by atoms with Gasteiger partial charge in [0.05, 0.1) is 5.60 Å². The summed E-state index contributed by atoms with van der Waals surface area (Å²) in [5.74, 6) is 0.802. The van der Waals surface area contributed by atoms with E-state index in [2.05, 4.69) is 15.6 Å². The highest BCUT2D eigenvalue weighted by Crippen LogP contribution is 2.22. The minimum atomic E-state index is -0.610. The van der Waals surface area contributed by atoms with Crippen LogP contribution in [-0.4, -0.2) is 48.5 Å². The van der Waals surface area contributed by atoms with E-state index in [0.29, 0.717) is 26.2 Å². The van der Waals surface area contributed by atoms with Crippen molar-refractivity contribution >= 4 is 10.9 Å². The van der Waals surface area contributed by atoms with Gasteiger partial charge < -0.3 is 20.5 Å². The van der Waals surface area contributed by atoms with Gasteiger partial charge in [-0.1, -0.05) is 18.2 Å². The Morgan fingerprint density at radius 3 is 3.10 bits per heavy atom. The molecule has 3 rings (SSSR count). The molecule has 1 atom stereocenters. The molecule has 1 saturated heterocycles. The second-order valence-corrected chi connectivity index (χ2v) is 5.51. The number of aromatic nitrogens is 1. The summed E-state index contributed by atoms with van der Waals surface area (Å²) >= 11 is 0. The summed E-state index contributed by atoms with van der Waals surface area (Å²) in [5.41, 5.74) is 0.277. The summed E-state index contributed by atoms with van der Waals surface area (Å²) in [6.07, 6.45) is 2.57. The van der Waals surface area contributed by atoms with E-state index < -0.39 is 5.60 Å². The topological polar surface area (TPSA) is 66.4 Å². The summed E-state index contributed by atoms with van der Waals surface area (Å²) in [5, 5.41) is 17.7. The number of rotatable bonds is 6. The van der Waals surface area contributed by atoms with Crippen molar-refractivity contribution in [2.75, 3.05) is 32.8 Å². The number of nitrogens with one attached hydrogen (secondary N) is 2. The summed E-state index contributed by atoms with van der Waals surface area (Å²) in [6.45, 7) is 3.40. The summed E-state index contributed by atoms with van der Waals surface area (Å²) in [4.78, 5) is 4.36. The zero-order chi connectivity index (χ0) is 14.5. The zero-order valence-electron chi connectivity index (χ0n) is 12.0. The van der Waals surface area contributed by atoms with Gasteiger partial charge in [-0.25, -0.2) is 0 Å². The summed E-state index contributed by atoms with van der Waals surface area (Å²) in [7, 11) is 0. The Labute approximate surface area is 124 Å². The third-order valence-corrected chi connectivity index (χ3v) is 3.81. The first-order valence-electron chi connectivity index (χ1n) is 7.37. The second-order valence-electron chi connectivity index (χ2n) is 5.51. The van der Waals surface area contributed by atoms with Crippen LogP contribution < -0.4 is 15.4 Å². The van der Waals surface area contributed by atoms with E-state index in [1.807, 2.05) is 30.3 Å². The van der Waals surface area contributed by atoms with Gasteiger partial charge in [-0.05, 0) is 25.1 Å². The minimum Gasteiger partial charge on any atom is -0.490 e. The maximum atomic E-state index is 10.2. The summed E-state index contributed by atoms with van der Waals surface area (Å²) in [6, 6.07) is 9.87. The molecule has 3 N–H and O–H groups in total. The molecule has 2 heterocycles. The van der Waals surface area contributed by atoms with Gasteiger partial charge >= 0.3 is 0 Å². The average Bonchev–Trinajstić information content (AvgIpc) is 2.94. The molecule has 0 amide bonds. The second kappa shape index (κ2) is 6.39. The molecular weight excluding hydrogens is 266 g/mol. The van der Waals surface area contributed by atoms with Gasteiger partial charge in [0.1, 0.15) is 17.9 Å². The first-order chi connectivity index (χ1) is 10.3. The van der Waals surface area contributed by atoms with Crippen LogP contribution in [0, 0.1) is 0 Å². The first kappa shape index (κ1) is 14.3. The third kappa shape index (κ3) is 3.50. The Hall–Kier alpha value is -1.69. The van der Waals surface area contributed by atoms with Crippen molar-refractivity contribution in [1.82, 2.24) is 15.6 Å². The van der Waals surface area contributed by atoms with Crippen molar-refractivity contribution in [3.05, 3.63) is 36.5 Å². The Bertz CT molecular complexity index is 592.